The van der Waals surface area contributed by atoms with Crippen LogP contribution < -0.4 is 0 Å². The Bertz CT molecular complexity index is 701. The first-order chi connectivity index (χ1) is 8.79. The Labute approximate surface area is 111 Å². The van der Waals surface area contributed by atoms with Crippen molar-refractivity contribution >= 4 is 22.6 Å². The summed E-state index contributed by atoms with van der Waals surface area (Å²) in [7, 11) is 0. The normalized spacial score (nSPS) is 11.0. The summed E-state index contributed by atoms with van der Waals surface area (Å²) in [5, 5.41) is 1.71. The number of aromatic amines is 1. The molecule has 0 unspecified atom stereocenters. The number of aryl methyl sites for hydroxylation is 1. The van der Waals surface area contributed by atoms with Crippen molar-refractivity contribution in [2.24, 2.45) is 0 Å². The predicted molar refractivity (Wildman–Crippen MR) is 75.9 cm³/mol. The van der Waals surface area contributed by atoms with E-state index in [1.54, 1.807) is 6.20 Å². The first kappa shape index (κ1) is 11.3. The molecule has 1 N–H and O–H groups in total. The molecule has 0 fully saturated rings. The van der Waals surface area contributed by atoms with Gasteiger partial charge in [-0.25, -0.2) is 4.98 Å². The van der Waals surface area contributed by atoms with Gasteiger partial charge in [0.05, 0.1) is 5.02 Å². The molecule has 0 aliphatic heterocycles. The van der Waals surface area contributed by atoms with Crippen LogP contribution in [0.4, 0.5) is 0 Å². The Balaban J connectivity index is 2.23. The van der Waals surface area contributed by atoms with Crippen molar-refractivity contribution in [2.45, 2.75) is 13.3 Å². The largest absolute Gasteiger partial charge is 0.339 e. The van der Waals surface area contributed by atoms with E-state index in [0.717, 1.165) is 28.2 Å². The summed E-state index contributed by atoms with van der Waals surface area (Å²) in [6.07, 6.45) is 2.73. The van der Waals surface area contributed by atoms with Gasteiger partial charge in [-0.05, 0) is 24.1 Å². The third-order valence-electron chi connectivity index (χ3n) is 3.17. The SMILES string of the molecule is CCc1ccccc1-c1cc2c(Cl)ccnc2[nH]1. The molecule has 0 radical (unpaired) electrons. The van der Waals surface area contributed by atoms with Crippen LogP contribution in [0.2, 0.25) is 5.02 Å². The van der Waals surface area contributed by atoms with E-state index in [0.29, 0.717) is 0 Å². The first-order valence-electron chi connectivity index (χ1n) is 6.01. The van der Waals surface area contributed by atoms with E-state index in [2.05, 4.69) is 47.2 Å². The van der Waals surface area contributed by atoms with Gasteiger partial charge in [-0.15, -0.1) is 0 Å². The molecule has 0 bridgehead atoms. The number of pyridine rings is 1. The fourth-order valence-electron chi connectivity index (χ4n) is 2.23. The average Bonchev–Trinajstić information content (AvgIpc) is 2.84. The van der Waals surface area contributed by atoms with Gasteiger partial charge in [0.2, 0.25) is 0 Å². The van der Waals surface area contributed by atoms with Gasteiger partial charge in [0.15, 0.2) is 0 Å². The van der Waals surface area contributed by atoms with Crippen molar-refractivity contribution in [3.63, 3.8) is 0 Å². The fourth-order valence-corrected chi connectivity index (χ4v) is 2.43. The van der Waals surface area contributed by atoms with E-state index < -0.39 is 0 Å². The molecule has 2 aromatic heterocycles. The highest BCUT2D eigenvalue weighted by atomic mass is 35.5. The molecule has 90 valence electrons. The van der Waals surface area contributed by atoms with Gasteiger partial charge in [0.25, 0.3) is 0 Å². The number of fused-ring (bicyclic) bond motifs is 1. The Morgan fingerprint density at radius 2 is 2.06 bits per heavy atom. The van der Waals surface area contributed by atoms with Gasteiger partial charge in [-0.2, -0.15) is 0 Å². The van der Waals surface area contributed by atoms with Crippen LogP contribution in [0.3, 0.4) is 0 Å². The van der Waals surface area contributed by atoms with Crippen LogP contribution >= 0.6 is 11.6 Å². The molecular weight excluding hydrogens is 244 g/mol. The molecular formula is C15H13ClN2. The maximum absolute atomic E-state index is 6.17. The second-order valence-electron chi connectivity index (χ2n) is 4.25. The van der Waals surface area contributed by atoms with Crippen LogP contribution in [-0.4, -0.2) is 9.97 Å². The lowest BCUT2D eigenvalue weighted by Gasteiger charge is -2.04. The summed E-state index contributed by atoms with van der Waals surface area (Å²) in [6.45, 7) is 2.16. The van der Waals surface area contributed by atoms with Crippen molar-refractivity contribution in [3.8, 4) is 11.3 Å². The number of nitrogens with zero attached hydrogens (tertiary/aromatic N) is 1. The number of hydrogen-bond donors (Lipinski definition) is 1. The number of halogens is 1. The van der Waals surface area contributed by atoms with Gasteiger partial charge in [-0.3, -0.25) is 0 Å². The Kier molecular flexibility index (Phi) is 2.80. The van der Waals surface area contributed by atoms with Gasteiger partial charge in [0.1, 0.15) is 5.65 Å². The molecule has 3 heteroatoms. The molecule has 0 aliphatic rings. The molecule has 0 saturated carbocycles. The molecule has 0 saturated heterocycles. The third kappa shape index (κ3) is 1.79. The summed E-state index contributed by atoms with van der Waals surface area (Å²) in [5.41, 5.74) is 4.45. The summed E-state index contributed by atoms with van der Waals surface area (Å²) in [5.74, 6) is 0. The molecule has 2 nitrogen and oxygen atoms in total. The van der Waals surface area contributed by atoms with Crippen LogP contribution in [0.1, 0.15) is 12.5 Å². The number of nitrogens with one attached hydrogen (secondary N) is 1. The first-order valence-corrected chi connectivity index (χ1v) is 6.39. The third-order valence-corrected chi connectivity index (χ3v) is 3.50. The highest BCUT2D eigenvalue weighted by Gasteiger charge is 2.09. The average molecular weight is 257 g/mol. The molecule has 0 aliphatic carbocycles. The van der Waals surface area contributed by atoms with Crippen LogP contribution in [0.25, 0.3) is 22.3 Å². The summed E-state index contributed by atoms with van der Waals surface area (Å²) >= 11 is 6.17. The van der Waals surface area contributed by atoms with E-state index in [9.17, 15) is 0 Å². The molecule has 2 heterocycles. The maximum Gasteiger partial charge on any atom is 0.139 e. The van der Waals surface area contributed by atoms with Crippen molar-refractivity contribution in [3.05, 3.63) is 53.2 Å². The summed E-state index contributed by atoms with van der Waals surface area (Å²) in [4.78, 5) is 7.64. The molecule has 0 spiro atoms. The lowest BCUT2D eigenvalue weighted by Crippen LogP contribution is -1.86. The van der Waals surface area contributed by atoms with Crippen molar-refractivity contribution in [2.75, 3.05) is 0 Å². The number of rotatable bonds is 2. The summed E-state index contributed by atoms with van der Waals surface area (Å²) in [6, 6.07) is 12.3. The van der Waals surface area contributed by atoms with Crippen molar-refractivity contribution in [1.29, 1.82) is 0 Å². The van der Waals surface area contributed by atoms with E-state index in [-0.39, 0.29) is 0 Å². The minimum atomic E-state index is 0.733. The second-order valence-corrected chi connectivity index (χ2v) is 4.66. The second kappa shape index (κ2) is 4.46. The number of aromatic nitrogens is 2. The maximum atomic E-state index is 6.17. The zero-order chi connectivity index (χ0) is 12.5. The molecule has 3 aromatic rings. The van der Waals surface area contributed by atoms with Gasteiger partial charge in [0, 0.05) is 22.8 Å². The van der Waals surface area contributed by atoms with E-state index in [1.165, 1.54) is 11.1 Å². The van der Waals surface area contributed by atoms with Gasteiger partial charge >= 0.3 is 0 Å². The van der Waals surface area contributed by atoms with Crippen LogP contribution in [0, 0.1) is 0 Å². The fraction of sp³-hybridized carbons (Fsp3) is 0.133. The number of benzene rings is 1. The Morgan fingerprint density at radius 1 is 1.22 bits per heavy atom. The highest BCUT2D eigenvalue weighted by Crippen LogP contribution is 2.29. The van der Waals surface area contributed by atoms with E-state index >= 15 is 0 Å². The highest BCUT2D eigenvalue weighted by molar-refractivity contribution is 6.35. The van der Waals surface area contributed by atoms with Crippen molar-refractivity contribution in [1.82, 2.24) is 9.97 Å². The quantitative estimate of drug-likeness (QED) is 0.721. The molecule has 0 atom stereocenters. The minimum Gasteiger partial charge on any atom is -0.339 e. The van der Waals surface area contributed by atoms with E-state index in [1.807, 2.05) is 6.07 Å². The molecule has 1 aromatic carbocycles. The van der Waals surface area contributed by atoms with Crippen LogP contribution in [0.15, 0.2) is 42.6 Å². The lowest BCUT2D eigenvalue weighted by atomic mass is 10.0. The smallest absolute Gasteiger partial charge is 0.139 e. The molecule has 0 amide bonds. The topological polar surface area (TPSA) is 28.7 Å². The summed E-state index contributed by atoms with van der Waals surface area (Å²) < 4.78 is 0. The Morgan fingerprint density at radius 3 is 2.83 bits per heavy atom. The predicted octanol–water partition coefficient (Wildman–Crippen LogP) is 4.45. The Hall–Kier alpha value is -1.80. The van der Waals surface area contributed by atoms with Gasteiger partial charge < -0.3 is 4.98 Å². The van der Waals surface area contributed by atoms with Crippen LogP contribution in [-0.2, 0) is 6.42 Å². The lowest BCUT2D eigenvalue weighted by molar-refractivity contribution is 1.14. The monoisotopic (exact) mass is 256 g/mol. The van der Waals surface area contributed by atoms with Gasteiger partial charge in [-0.1, -0.05) is 42.8 Å². The zero-order valence-corrected chi connectivity index (χ0v) is 10.8. The number of hydrogen-bond acceptors (Lipinski definition) is 1. The standard InChI is InChI=1S/C15H13ClN2/c1-2-10-5-3-4-6-11(10)14-9-12-13(16)7-8-17-15(12)18-14/h3-9H,2H2,1H3,(H,17,18). The van der Waals surface area contributed by atoms with E-state index in [4.69, 9.17) is 11.6 Å². The minimum absolute atomic E-state index is 0.733. The van der Waals surface area contributed by atoms with Crippen LogP contribution in [0.5, 0.6) is 0 Å². The zero-order valence-electron chi connectivity index (χ0n) is 10.1. The number of H-pyrrole nitrogens is 1. The van der Waals surface area contributed by atoms with Crippen molar-refractivity contribution < 1.29 is 0 Å². The molecule has 18 heavy (non-hydrogen) atoms. The molecule has 3 rings (SSSR count).